The lowest BCUT2D eigenvalue weighted by Gasteiger charge is -1.92. The lowest BCUT2D eigenvalue weighted by molar-refractivity contribution is -0.138. The van der Waals surface area contributed by atoms with E-state index in [4.69, 9.17) is 10.2 Å². The zero-order valence-corrected chi connectivity index (χ0v) is 11.8. The van der Waals surface area contributed by atoms with Crippen LogP contribution >= 0.6 is 0 Å². The Balaban J connectivity index is -0.000000256. The van der Waals surface area contributed by atoms with Crippen LogP contribution in [0.1, 0.15) is 85.5 Å². The van der Waals surface area contributed by atoms with Crippen LogP contribution in [0.4, 0.5) is 0 Å². The van der Waals surface area contributed by atoms with Gasteiger partial charge in [-0.05, 0) is 12.8 Å². The molecule has 0 aromatic carbocycles. The molecule has 0 amide bonds. The van der Waals surface area contributed by atoms with Gasteiger partial charge in [0.1, 0.15) is 0 Å². The van der Waals surface area contributed by atoms with Gasteiger partial charge in [-0.3, -0.25) is 9.59 Å². The monoisotopic (exact) mass is 276 g/mol. The number of aliphatic carboxylic acids is 2. The Labute approximate surface area is 118 Å². The molecule has 0 radical (unpaired) electrons. The normalized spacial score (nSPS) is 8.95. The van der Waals surface area contributed by atoms with E-state index in [1.54, 1.807) is 0 Å². The molecular formula is C15H32O4. The highest BCUT2D eigenvalue weighted by Crippen LogP contribution is 2.01. The predicted octanol–water partition coefficient (Wildman–Crippen LogP) is 4.72. The third-order valence-corrected chi connectivity index (χ3v) is 2.49. The van der Waals surface area contributed by atoms with Gasteiger partial charge in [0.15, 0.2) is 0 Å². The van der Waals surface area contributed by atoms with E-state index in [0.717, 1.165) is 38.5 Å². The average molecular weight is 276 g/mol. The molecule has 0 bridgehead atoms. The molecule has 0 atom stereocenters. The highest BCUT2D eigenvalue weighted by molar-refractivity contribution is 5.66. The number of carboxylic acid groups (broad SMARTS) is 2. The quantitative estimate of drug-likeness (QED) is 0.566. The Kier molecular flexibility index (Phi) is 23.4. The summed E-state index contributed by atoms with van der Waals surface area (Å²) in [6, 6.07) is 0. The maximum atomic E-state index is 9.96. The molecule has 0 heterocycles. The number of carboxylic acids is 2. The van der Waals surface area contributed by atoms with Crippen LogP contribution in [0, 0.1) is 0 Å². The van der Waals surface area contributed by atoms with E-state index >= 15 is 0 Å². The topological polar surface area (TPSA) is 74.6 Å². The Morgan fingerprint density at radius 1 is 0.684 bits per heavy atom. The Morgan fingerprint density at radius 3 is 1.21 bits per heavy atom. The molecule has 0 saturated carbocycles. The highest BCUT2D eigenvalue weighted by atomic mass is 16.4. The minimum Gasteiger partial charge on any atom is -0.481 e. The molecule has 2 N–H and O–H groups in total. The zero-order chi connectivity index (χ0) is 14.2. The molecule has 0 unspecified atom stereocenters. The number of rotatable bonds is 10. The highest BCUT2D eigenvalue weighted by Gasteiger charge is 1.94. The van der Waals surface area contributed by atoms with Gasteiger partial charge in [-0.1, -0.05) is 59.8 Å². The third kappa shape index (κ3) is 31.6. The largest absolute Gasteiger partial charge is 0.481 e. The molecule has 0 aromatic rings. The maximum Gasteiger partial charge on any atom is 0.303 e. The van der Waals surface area contributed by atoms with E-state index < -0.39 is 11.9 Å². The van der Waals surface area contributed by atoms with E-state index in [1.165, 1.54) is 12.8 Å². The molecule has 0 aliphatic heterocycles. The maximum absolute atomic E-state index is 9.96. The fourth-order valence-electron chi connectivity index (χ4n) is 1.41. The van der Waals surface area contributed by atoms with Crippen molar-refractivity contribution in [1.82, 2.24) is 0 Å². The summed E-state index contributed by atoms with van der Waals surface area (Å²) in [6.45, 7) is 4.22. The molecule has 0 aromatic heterocycles. The summed E-state index contributed by atoms with van der Waals surface area (Å²) < 4.78 is 0. The van der Waals surface area contributed by atoms with Crippen molar-refractivity contribution in [3.8, 4) is 0 Å². The number of carbonyl (C=O) groups is 2. The fraction of sp³-hybridized carbons (Fsp3) is 0.867. The number of hydrogen-bond donors (Lipinski definition) is 2. The Hall–Kier alpha value is -1.06. The molecular weight excluding hydrogens is 244 g/mol. The molecule has 0 saturated heterocycles. The first kappa shape index (κ1) is 23.1. The second-order valence-corrected chi connectivity index (χ2v) is 4.41. The molecule has 0 spiro atoms. The Bertz CT molecular complexity index is 180. The van der Waals surface area contributed by atoms with Crippen LogP contribution in [0.25, 0.3) is 0 Å². The van der Waals surface area contributed by atoms with Gasteiger partial charge in [-0.25, -0.2) is 0 Å². The van der Waals surface area contributed by atoms with Crippen LogP contribution < -0.4 is 0 Å². The summed E-state index contributed by atoms with van der Waals surface area (Å²) in [4.78, 5) is 19.9. The van der Waals surface area contributed by atoms with Crippen LogP contribution in [-0.4, -0.2) is 22.2 Å². The molecule has 0 aliphatic rings. The van der Waals surface area contributed by atoms with Crippen molar-refractivity contribution in [2.75, 3.05) is 0 Å². The van der Waals surface area contributed by atoms with Gasteiger partial charge in [0, 0.05) is 12.8 Å². The number of unbranched alkanes of at least 4 members (excludes halogenated alkanes) is 6. The van der Waals surface area contributed by atoms with Crippen molar-refractivity contribution in [3.63, 3.8) is 0 Å². The van der Waals surface area contributed by atoms with Crippen molar-refractivity contribution >= 4 is 11.9 Å². The van der Waals surface area contributed by atoms with Gasteiger partial charge in [0.2, 0.25) is 0 Å². The van der Waals surface area contributed by atoms with Crippen LogP contribution in [0.5, 0.6) is 0 Å². The van der Waals surface area contributed by atoms with Gasteiger partial charge in [0.05, 0.1) is 0 Å². The van der Waals surface area contributed by atoms with Crippen LogP contribution in [0.2, 0.25) is 0 Å². The summed E-state index contributed by atoms with van der Waals surface area (Å²) in [5.74, 6) is -1.35. The predicted molar refractivity (Wildman–Crippen MR) is 79.5 cm³/mol. The summed E-state index contributed by atoms with van der Waals surface area (Å²) in [5.41, 5.74) is 0. The molecule has 0 rings (SSSR count). The summed E-state index contributed by atoms with van der Waals surface area (Å²) >= 11 is 0. The van der Waals surface area contributed by atoms with E-state index in [9.17, 15) is 9.59 Å². The van der Waals surface area contributed by atoms with Crippen molar-refractivity contribution in [2.45, 2.75) is 85.5 Å². The van der Waals surface area contributed by atoms with Crippen molar-refractivity contribution in [2.24, 2.45) is 0 Å². The van der Waals surface area contributed by atoms with Crippen LogP contribution in [0.15, 0.2) is 0 Å². The molecule has 4 heteroatoms. The van der Waals surface area contributed by atoms with Gasteiger partial charge >= 0.3 is 11.9 Å². The summed E-state index contributed by atoms with van der Waals surface area (Å²) in [5, 5.41) is 16.4. The minimum atomic E-state index is -0.675. The zero-order valence-electron chi connectivity index (χ0n) is 11.8. The molecule has 116 valence electrons. The van der Waals surface area contributed by atoms with Crippen LogP contribution in [-0.2, 0) is 9.59 Å². The molecule has 19 heavy (non-hydrogen) atoms. The van der Waals surface area contributed by atoms with Gasteiger partial charge in [0.25, 0.3) is 0 Å². The van der Waals surface area contributed by atoms with E-state index in [2.05, 4.69) is 13.8 Å². The van der Waals surface area contributed by atoms with E-state index in [1.807, 2.05) is 0 Å². The summed E-state index contributed by atoms with van der Waals surface area (Å²) in [6.07, 6.45) is 9.11. The van der Waals surface area contributed by atoms with Gasteiger partial charge in [-0.2, -0.15) is 0 Å². The Morgan fingerprint density at radius 2 is 1.00 bits per heavy atom. The first-order chi connectivity index (χ1) is 8.54. The second kappa shape index (κ2) is 19.3. The molecule has 0 aliphatic carbocycles. The smallest absolute Gasteiger partial charge is 0.303 e. The standard InChI is InChI=1S/2C7H14O2.CH4/c2*1-2-3-4-5-6-7(8)9;/h2*2-6H2,1H3,(H,8,9);1H4. The second-order valence-electron chi connectivity index (χ2n) is 4.41. The van der Waals surface area contributed by atoms with E-state index in [0.29, 0.717) is 12.8 Å². The van der Waals surface area contributed by atoms with Gasteiger partial charge < -0.3 is 10.2 Å². The van der Waals surface area contributed by atoms with Gasteiger partial charge in [-0.15, -0.1) is 0 Å². The molecule has 0 fully saturated rings. The SMILES string of the molecule is C.CCCCCCC(=O)O.CCCCCCC(=O)O. The van der Waals surface area contributed by atoms with Crippen molar-refractivity contribution in [1.29, 1.82) is 0 Å². The minimum absolute atomic E-state index is 0. The van der Waals surface area contributed by atoms with E-state index in [-0.39, 0.29) is 7.43 Å². The first-order valence-corrected chi connectivity index (χ1v) is 6.98. The lowest BCUT2D eigenvalue weighted by atomic mass is 10.2. The third-order valence-electron chi connectivity index (χ3n) is 2.49. The summed E-state index contributed by atoms with van der Waals surface area (Å²) in [7, 11) is 0. The average Bonchev–Trinajstić information content (AvgIpc) is 2.31. The number of hydrogen-bond acceptors (Lipinski definition) is 2. The van der Waals surface area contributed by atoms with Crippen molar-refractivity contribution in [3.05, 3.63) is 0 Å². The first-order valence-electron chi connectivity index (χ1n) is 6.98. The molecule has 4 nitrogen and oxygen atoms in total. The lowest BCUT2D eigenvalue weighted by Crippen LogP contribution is -1.92. The van der Waals surface area contributed by atoms with Crippen LogP contribution in [0.3, 0.4) is 0 Å². The van der Waals surface area contributed by atoms with Crippen molar-refractivity contribution < 1.29 is 19.8 Å². The fourth-order valence-corrected chi connectivity index (χ4v) is 1.41.